The first kappa shape index (κ1) is 18.8. The Kier molecular flexibility index (Phi) is 5.96. The van der Waals surface area contributed by atoms with Crippen LogP contribution in [0.1, 0.15) is 40.9 Å². The fraction of sp³-hybridized carbons (Fsp3) is 0.333. The third-order valence-electron chi connectivity index (χ3n) is 4.34. The van der Waals surface area contributed by atoms with E-state index < -0.39 is 5.97 Å². The summed E-state index contributed by atoms with van der Waals surface area (Å²) in [4.78, 5) is 24.4. The van der Waals surface area contributed by atoms with Crippen molar-refractivity contribution in [2.75, 3.05) is 19.8 Å². The molecule has 142 valence electrons. The quantitative estimate of drug-likeness (QED) is 0.792. The third-order valence-corrected chi connectivity index (χ3v) is 4.34. The summed E-state index contributed by atoms with van der Waals surface area (Å²) in [6.07, 6.45) is 0.741. The molecule has 0 saturated carbocycles. The first-order valence-electron chi connectivity index (χ1n) is 8.99. The van der Waals surface area contributed by atoms with Gasteiger partial charge >= 0.3 is 5.97 Å². The predicted molar refractivity (Wildman–Crippen MR) is 100 cm³/mol. The second-order valence-corrected chi connectivity index (χ2v) is 6.37. The zero-order valence-corrected chi connectivity index (χ0v) is 15.5. The maximum absolute atomic E-state index is 12.2. The molecular formula is C21H23NO5. The van der Waals surface area contributed by atoms with Gasteiger partial charge in [0.25, 0.3) is 5.91 Å². The molecule has 1 N–H and O–H groups in total. The highest BCUT2D eigenvalue weighted by Crippen LogP contribution is 2.30. The minimum absolute atomic E-state index is 0.119. The van der Waals surface area contributed by atoms with Crippen LogP contribution in [0.3, 0.4) is 0 Å². The molecule has 0 unspecified atom stereocenters. The van der Waals surface area contributed by atoms with Crippen molar-refractivity contribution in [1.29, 1.82) is 0 Å². The Balaban J connectivity index is 1.55. The Labute approximate surface area is 158 Å². The van der Waals surface area contributed by atoms with Gasteiger partial charge in [-0.15, -0.1) is 0 Å². The molecule has 1 heterocycles. The molecule has 0 bridgehead atoms. The van der Waals surface area contributed by atoms with Crippen LogP contribution >= 0.6 is 0 Å². The normalized spacial score (nSPS) is 13.6. The van der Waals surface area contributed by atoms with Gasteiger partial charge in [0.1, 0.15) is 13.2 Å². The Morgan fingerprint density at radius 2 is 1.78 bits per heavy atom. The van der Waals surface area contributed by atoms with Gasteiger partial charge in [-0.05, 0) is 37.1 Å². The summed E-state index contributed by atoms with van der Waals surface area (Å²) in [6, 6.07) is 12.7. The molecule has 2 aromatic rings. The van der Waals surface area contributed by atoms with Gasteiger partial charge in [-0.2, -0.15) is 0 Å². The van der Waals surface area contributed by atoms with Crippen molar-refractivity contribution in [3.8, 4) is 11.5 Å². The Bertz CT molecular complexity index is 816. The van der Waals surface area contributed by atoms with Crippen molar-refractivity contribution in [3.63, 3.8) is 0 Å². The van der Waals surface area contributed by atoms with Crippen LogP contribution in [0.2, 0.25) is 0 Å². The number of benzene rings is 2. The van der Waals surface area contributed by atoms with E-state index in [9.17, 15) is 9.59 Å². The number of hydrogen-bond acceptors (Lipinski definition) is 5. The summed E-state index contributed by atoms with van der Waals surface area (Å²) in [5, 5.41) is 2.90. The monoisotopic (exact) mass is 369 g/mol. The summed E-state index contributed by atoms with van der Waals surface area (Å²) in [6.45, 7) is 4.59. The second-order valence-electron chi connectivity index (χ2n) is 6.37. The molecule has 0 aromatic heterocycles. The van der Waals surface area contributed by atoms with Gasteiger partial charge in [0.05, 0.1) is 11.6 Å². The van der Waals surface area contributed by atoms with Crippen molar-refractivity contribution in [2.24, 2.45) is 0 Å². The van der Waals surface area contributed by atoms with Crippen LogP contribution in [0, 0.1) is 6.92 Å². The van der Waals surface area contributed by atoms with Crippen molar-refractivity contribution < 1.29 is 23.8 Å². The maximum atomic E-state index is 12.2. The third kappa shape index (κ3) is 4.78. The fourth-order valence-corrected chi connectivity index (χ4v) is 2.84. The molecule has 0 radical (unpaired) electrons. The number of esters is 1. The molecule has 1 aliphatic heterocycles. The summed E-state index contributed by atoms with van der Waals surface area (Å²) < 4.78 is 16.0. The van der Waals surface area contributed by atoms with E-state index in [1.54, 1.807) is 18.2 Å². The molecule has 2 aromatic carbocycles. The van der Waals surface area contributed by atoms with Crippen molar-refractivity contribution in [1.82, 2.24) is 5.32 Å². The maximum Gasteiger partial charge on any atom is 0.338 e. The van der Waals surface area contributed by atoms with E-state index >= 15 is 0 Å². The van der Waals surface area contributed by atoms with Crippen molar-refractivity contribution in [3.05, 3.63) is 59.2 Å². The zero-order valence-electron chi connectivity index (χ0n) is 15.5. The molecule has 27 heavy (non-hydrogen) atoms. The van der Waals surface area contributed by atoms with E-state index in [0.717, 1.165) is 17.5 Å². The number of amides is 1. The summed E-state index contributed by atoms with van der Waals surface area (Å²) in [5.41, 5.74) is 2.50. The number of carbonyl (C=O) groups is 2. The van der Waals surface area contributed by atoms with Crippen molar-refractivity contribution in [2.45, 2.75) is 26.3 Å². The van der Waals surface area contributed by atoms with Crippen LogP contribution < -0.4 is 14.8 Å². The standard InChI is InChI=1S/C21H23NO5/c1-3-17(15-6-4-14(2)5-7-15)22-20(23)13-27-21(24)16-8-9-18-19(12-16)26-11-10-25-18/h4-9,12,17H,3,10-11,13H2,1-2H3,(H,22,23)/t17-/m1/s1. The molecule has 0 spiro atoms. The van der Waals surface area contributed by atoms with E-state index in [4.69, 9.17) is 14.2 Å². The van der Waals surface area contributed by atoms with Crippen LogP contribution in [-0.4, -0.2) is 31.7 Å². The average Bonchev–Trinajstić information content (AvgIpc) is 2.70. The molecule has 3 rings (SSSR count). The SMILES string of the molecule is CC[C@@H](NC(=O)COC(=O)c1ccc2c(c1)OCCO2)c1ccc(C)cc1. The zero-order chi connectivity index (χ0) is 19.2. The predicted octanol–water partition coefficient (Wildman–Crippen LogP) is 3.19. The molecule has 0 fully saturated rings. The number of fused-ring (bicyclic) bond motifs is 1. The molecule has 1 atom stereocenters. The van der Waals surface area contributed by atoms with E-state index in [2.05, 4.69) is 5.32 Å². The molecule has 1 amide bonds. The lowest BCUT2D eigenvalue weighted by molar-refractivity contribution is -0.125. The van der Waals surface area contributed by atoms with Gasteiger partial charge in [0.15, 0.2) is 18.1 Å². The topological polar surface area (TPSA) is 73.9 Å². The highest BCUT2D eigenvalue weighted by Gasteiger charge is 2.18. The minimum atomic E-state index is -0.578. The first-order chi connectivity index (χ1) is 13.1. The van der Waals surface area contributed by atoms with Crippen LogP contribution in [0.4, 0.5) is 0 Å². The molecule has 6 heteroatoms. The van der Waals surface area contributed by atoms with Crippen LogP contribution in [-0.2, 0) is 9.53 Å². The molecule has 1 aliphatic rings. The van der Waals surface area contributed by atoms with Gasteiger partial charge in [-0.25, -0.2) is 4.79 Å². The number of carbonyl (C=O) groups excluding carboxylic acids is 2. The van der Waals surface area contributed by atoms with Gasteiger partial charge < -0.3 is 19.5 Å². The molecular weight excluding hydrogens is 346 g/mol. The lowest BCUT2D eigenvalue weighted by atomic mass is 10.0. The van der Waals surface area contributed by atoms with Gasteiger partial charge in [0, 0.05) is 0 Å². The van der Waals surface area contributed by atoms with Crippen LogP contribution in [0.15, 0.2) is 42.5 Å². The Hall–Kier alpha value is -3.02. The lowest BCUT2D eigenvalue weighted by Gasteiger charge is -2.19. The summed E-state index contributed by atoms with van der Waals surface area (Å²) in [7, 11) is 0. The number of aryl methyl sites for hydroxylation is 1. The average molecular weight is 369 g/mol. The van der Waals surface area contributed by atoms with E-state index in [-0.39, 0.29) is 18.6 Å². The Morgan fingerprint density at radius 1 is 1.07 bits per heavy atom. The summed E-state index contributed by atoms with van der Waals surface area (Å²) in [5.74, 6) is 0.184. The minimum Gasteiger partial charge on any atom is -0.486 e. The highest BCUT2D eigenvalue weighted by molar-refractivity contribution is 5.92. The molecule has 6 nitrogen and oxygen atoms in total. The number of rotatable bonds is 6. The Morgan fingerprint density at radius 3 is 2.48 bits per heavy atom. The largest absolute Gasteiger partial charge is 0.486 e. The molecule has 0 saturated heterocycles. The molecule has 0 aliphatic carbocycles. The van der Waals surface area contributed by atoms with Crippen molar-refractivity contribution >= 4 is 11.9 Å². The first-order valence-corrected chi connectivity index (χ1v) is 8.99. The smallest absolute Gasteiger partial charge is 0.338 e. The highest BCUT2D eigenvalue weighted by atomic mass is 16.6. The number of hydrogen-bond donors (Lipinski definition) is 1. The lowest BCUT2D eigenvalue weighted by Crippen LogP contribution is -2.32. The number of nitrogens with one attached hydrogen (secondary N) is 1. The van der Waals surface area contributed by atoms with Gasteiger partial charge in [-0.3, -0.25) is 4.79 Å². The van der Waals surface area contributed by atoms with Gasteiger partial charge in [-0.1, -0.05) is 36.8 Å². The number of ether oxygens (including phenoxy) is 3. The van der Waals surface area contributed by atoms with Crippen LogP contribution in [0.25, 0.3) is 0 Å². The van der Waals surface area contributed by atoms with Crippen LogP contribution in [0.5, 0.6) is 11.5 Å². The van der Waals surface area contributed by atoms with E-state index in [0.29, 0.717) is 30.3 Å². The second kappa shape index (κ2) is 8.58. The summed E-state index contributed by atoms with van der Waals surface area (Å²) >= 11 is 0. The van der Waals surface area contributed by atoms with E-state index in [1.165, 1.54) is 0 Å². The van der Waals surface area contributed by atoms with E-state index in [1.807, 2.05) is 38.1 Å². The van der Waals surface area contributed by atoms with Gasteiger partial charge in [0.2, 0.25) is 0 Å². The fourth-order valence-electron chi connectivity index (χ4n) is 2.84.